The molecular formula is C33H65N5O10. The van der Waals surface area contributed by atoms with Gasteiger partial charge in [-0.15, -0.1) is 5.06 Å². The minimum absolute atomic E-state index is 0. The van der Waals surface area contributed by atoms with Crippen LogP contribution in [0.25, 0.3) is 0 Å². The highest BCUT2D eigenvalue weighted by Gasteiger charge is 2.32. The topological polar surface area (TPSA) is 249 Å². The van der Waals surface area contributed by atoms with Gasteiger partial charge >= 0.3 is 17.9 Å². The first-order valence-corrected chi connectivity index (χ1v) is 16.4. The second-order valence-corrected chi connectivity index (χ2v) is 10.9. The van der Waals surface area contributed by atoms with E-state index in [9.17, 15) is 33.6 Å². The molecule has 1 aliphatic rings. The van der Waals surface area contributed by atoms with Crippen LogP contribution in [0, 0.1) is 0 Å². The zero-order valence-corrected chi connectivity index (χ0v) is 27.9. The average Bonchev–Trinajstić information content (AvgIpc) is 3.33. The summed E-state index contributed by atoms with van der Waals surface area (Å²) in [6.45, 7) is 7.12. The monoisotopic (exact) mass is 691 g/mol. The second-order valence-electron chi connectivity index (χ2n) is 10.9. The lowest BCUT2D eigenvalue weighted by Crippen LogP contribution is -2.40. The first-order chi connectivity index (χ1) is 21.8. The first-order valence-electron chi connectivity index (χ1n) is 16.4. The average molecular weight is 692 g/mol. The van der Waals surface area contributed by atoms with Crippen molar-refractivity contribution in [2.75, 3.05) is 13.1 Å². The third kappa shape index (κ3) is 28.6. The molecule has 0 aliphatic carbocycles. The molecule has 0 saturated carbocycles. The molecule has 282 valence electrons. The summed E-state index contributed by atoms with van der Waals surface area (Å²) in [6.07, 6.45) is 10.5. The molecule has 15 heteroatoms. The van der Waals surface area contributed by atoms with E-state index in [1.165, 1.54) is 0 Å². The molecule has 0 spiro atoms. The lowest BCUT2D eigenvalue weighted by Gasteiger charge is -2.14. The lowest BCUT2D eigenvalue weighted by atomic mass is 10.1. The highest BCUT2D eigenvalue weighted by atomic mass is 16.7. The fourth-order valence-corrected chi connectivity index (χ4v) is 3.75. The molecule has 1 fully saturated rings. The normalized spacial score (nSPS) is 12.8. The maximum atomic E-state index is 11.6. The molecule has 0 radical (unpaired) electrons. The zero-order chi connectivity index (χ0) is 35.3. The van der Waals surface area contributed by atoms with Crippen molar-refractivity contribution in [3.05, 3.63) is 0 Å². The Morgan fingerprint density at radius 1 is 0.750 bits per heavy atom. The Labute approximate surface area is 287 Å². The van der Waals surface area contributed by atoms with E-state index in [4.69, 9.17) is 21.7 Å². The molecule has 15 nitrogen and oxygen atoms in total. The van der Waals surface area contributed by atoms with Gasteiger partial charge in [0.15, 0.2) is 0 Å². The standard InChI is InChI=1S/C16H30N2O4.C9H13NO4.C6H14N2O2.2CH4/c1-3-5-10-14(19)17-12-8-7-9-13(16(21)22)18-15(20)11-6-4-2;1-2-3-4-9(13)14-10-7(11)5-6-8(10)12;7-4-2-1-3-5(8)6(9)10;;/h13H,3-12H2,1-2H3,(H,17,19)(H,18,20)(H,21,22);2-6H2,1H3;5H,1-4,7-8H2,(H,9,10);2*1H4. The number of hydroxylamine groups is 2. The smallest absolute Gasteiger partial charge is 0.333 e. The van der Waals surface area contributed by atoms with Crippen molar-refractivity contribution in [2.24, 2.45) is 11.5 Å². The summed E-state index contributed by atoms with van der Waals surface area (Å²) < 4.78 is 0. The Hall–Kier alpha value is -3.59. The van der Waals surface area contributed by atoms with Crippen LogP contribution in [0.2, 0.25) is 0 Å². The summed E-state index contributed by atoms with van der Waals surface area (Å²) in [6, 6.07) is -1.55. The lowest BCUT2D eigenvalue weighted by molar-refractivity contribution is -0.197. The molecule has 1 saturated heterocycles. The van der Waals surface area contributed by atoms with Gasteiger partial charge in [0.05, 0.1) is 0 Å². The fraction of sp³-hybridized carbons (Fsp3) is 0.788. The SMILES string of the molecule is C.C.CCCCC(=O)NCCCCC(NC(=O)CCCC)C(=O)O.CCCCC(=O)ON1C(=O)CCC1=O.NCCCCC(N)C(=O)O. The van der Waals surface area contributed by atoms with Gasteiger partial charge in [-0.05, 0) is 57.9 Å². The summed E-state index contributed by atoms with van der Waals surface area (Å²) in [5, 5.41) is 23.4. The fourth-order valence-electron chi connectivity index (χ4n) is 3.75. The maximum absolute atomic E-state index is 11.6. The number of carbonyl (C=O) groups is 7. The van der Waals surface area contributed by atoms with Gasteiger partial charge in [-0.2, -0.15) is 0 Å². The summed E-state index contributed by atoms with van der Waals surface area (Å²) in [5.41, 5.74) is 10.4. The van der Waals surface area contributed by atoms with Crippen LogP contribution < -0.4 is 22.1 Å². The van der Waals surface area contributed by atoms with Gasteiger partial charge < -0.3 is 37.2 Å². The number of imide groups is 1. The van der Waals surface area contributed by atoms with Gasteiger partial charge in [-0.1, -0.05) is 61.3 Å². The van der Waals surface area contributed by atoms with Gasteiger partial charge in [0.1, 0.15) is 12.1 Å². The number of nitrogens with zero attached hydrogens (tertiary/aromatic N) is 1. The molecule has 0 aromatic carbocycles. The van der Waals surface area contributed by atoms with Gasteiger partial charge in [-0.3, -0.25) is 24.0 Å². The molecule has 1 aliphatic heterocycles. The van der Waals surface area contributed by atoms with Crippen LogP contribution >= 0.6 is 0 Å². The Morgan fingerprint density at radius 2 is 1.25 bits per heavy atom. The summed E-state index contributed by atoms with van der Waals surface area (Å²) >= 11 is 0. The van der Waals surface area contributed by atoms with Crippen LogP contribution in [0.1, 0.15) is 145 Å². The van der Waals surface area contributed by atoms with Gasteiger partial charge in [0, 0.05) is 38.6 Å². The van der Waals surface area contributed by atoms with Gasteiger partial charge in [0.25, 0.3) is 11.8 Å². The van der Waals surface area contributed by atoms with Crippen LogP contribution in [0.5, 0.6) is 0 Å². The quantitative estimate of drug-likeness (QED) is 0.0701. The van der Waals surface area contributed by atoms with Gasteiger partial charge in [-0.25, -0.2) is 9.59 Å². The highest BCUT2D eigenvalue weighted by Crippen LogP contribution is 2.13. The van der Waals surface area contributed by atoms with Crippen molar-refractivity contribution in [1.29, 1.82) is 0 Å². The van der Waals surface area contributed by atoms with Crippen LogP contribution in [0.15, 0.2) is 0 Å². The predicted molar refractivity (Wildman–Crippen MR) is 184 cm³/mol. The number of hydrogen-bond acceptors (Lipinski definition) is 10. The van der Waals surface area contributed by atoms with Crippen molar-refractivity contribution in [3.8, 4) is 0 Å². The van der Waals surface area contributed by atoms with E-state index >= 15 is 0 Å². The van der Waals surface area contributed by atoms with Crippen molar-refractivity contribution < 1.29 is 48.6 Å². The number of unbranched alkanes of at least 4 members (excludes halogenated alkanes) is 5. The number of amides is 4. The third-order valence-electron chi connectivity index (χ3n) is 6.61. The molecule has 4 amide bonds. The second kappa shape index (κ2) is 33.3. The molecule has 1 rings (SSSR count). The third-order valence-corrected chi connectivity index (χ3v) is 6.61. The van der Waals surface area contributed by atoms with Crippen LogP contribution in [-0.2, 0) is 38.4 Å². The van der Waals surface area contributed by atoms with Crippen LogP contribution in [-0.4, -0.2) is 82.0 Å². The molecule has 2 atom stereocenters. The van der Waals surface area contributed by atoms with Crippen molar-refractivity contribution >= 4 is 41.5 Å². The number of hydrogen-bond donors (Lipinski definition) is 6. The molecule has 8 N–H and O–H groups in total. The Balaban J connectivity index is -0.000000320. The van der Waals surface area contributed by atoms with Crippen LogP contribution in [0.3, 0.4) is 0 Å². The number of carbonyl (C=O) groups excluding carboxylic acids is 5. The minimum atomic E-state index is -1.00. The summed E-state index contributed by atoms with van der Waals surface area (Å²) in [5.74, 6) is -3.48. The number of carboxylic acid groups (broad SMARTS) is 2. The first kappa shape index (κ1) is 51.2. The molecule has 0 aromatic rings. The number of carboxylic acids is 2. The molecule has 48 heavy (non-hydrogen) atoms. The number of nitrogens with one attached hydrogen (secondary N) is 2. The number of aliphatic carboxylic acids is 2. The van der Waals surface area contributed by atoms with E-state index in [-0.39, 0.29) is 45.9 Å². The Bertz CT molecular complexity index is 916. The molecule has 0 bridgehead atoms. The van der Waals surface area contributed by atoms with E-state index in [1.54, 1.807) is 0 Å². The maximum Gasteiger partial charge on any atom is 0.333 e. The summed E-state index contributed by atoms with van der Waals surface area (Å²) in [4.78, 5) is 82.0. The summed E-state index contributed by atoms with van der Waals surface area (Å²) in [7, 11) is 0. The Morgan fingerprint density at radius 3 is 1.73 bits per heavy atom. The van der Waals surface area contributed by atoms with E-state index in [0.29, 0.717) is 63.1 Å². The number of rotatable bonds is 22. The van der Waals surface area contributed by atoms with E-state index in [0.717, 1.165) is 44.9 Å². The minimum Gasteiger partial charge on any atom is -0.480 e. The Kier molecular flexibility index (Phi) is 35.6. The zero-order valence-electron chi connectivity index (χ0n) is 27.9. The molecule has 0 aromatic heterocycles. The largest absolute Gasteiger partial charge is 0.480 e. The van der Waals surface area contributed by atoms with Crippen molar-refractivity contribution in [3.63, 3.8) is 0 Å². The molecule has 1 heterocycles. The van der Waals surface area contributed by atoms with E-state index in [1.807, 2.05) is 20.8 Å². The highest BCUT2D eigenvalue weighted by molar-refractivity contribution is 6.01. The van der Waals surface area contributed by atoms with E-state index in [2.05, 4.69) is 15.5 Å². The predicted octanol–water partition coefficient (Wildman–Crippen LogP) is 3.81. The van der Waals surface area contributed by atoms with E-state index < -0.39 is 41.8 Å². The molecule has 2 unspecified atom stereocenters. The van der Waals surface area contributed by atoms with Crippen LogP contribution in [0.4, 0.5) is 0 Å². The number of nitrogens with two attached hydrogens (primary N) is 2. The van der Waals surface area contributed by atoms with Crippen molar-refractivity contribution in [1.82, 2.24) is 15.7 Å². The van der Waals surface area contributed by atoms with Crippen molar-refractivity contribution in [2.45, 2.75) is 157 Å². The van der Waals surface area contributed by atoms with Gasteiger partial charge in [0.2, 0.25) is 11.8 Å². The molecular weight excluding hydrogens is 626 g/mol.